The number of nitrogens with one attached hydrogen (secondary N) is 1. The minimum Gasteiger partial charge on any atom is -0.506 e. The van der Waals surface area contributed by atoms with Crippen LogP contribution in [0.1, 0.15) is 24.8 Å². The van der Waals surface area contributed by atoms with Gasteiger partial charge < -0.3 is 10.4 Å². The highest BCUT2D eigenvalue weighted by Gasteiger charge is 2.34. The van der Waals surface area contributed by atoms with E-state index >= 15 is 0 Å². The molecular formula is C12H14N2O. The van der Waals surface area contributed by atoms with Gasteiger partial charge in [0.15, 0.2) is 0 Å². The Bertz CT molecular complexity index is 414. The van der Waals surface area contributed by atoms with Crippen molar-refractivity contribution in [2.24, 2.45) is 0 Å². The lowest BCUT2D eigenvalue weighted by atomic mass is 9.93. The second-order valence-electron chi connectivity index (χ2n) is 4.39. The van der Waals surface area contributed by atoms with Gasteiger partial charge in [0.05, 0.1) is 6.20 Å². The lowest BCUT2D eigenvalue weighted by Gasteiger charge is -2.10. The molecule has 0 saturated carbocycles. The molecule has 3 rings (SSSR count). The number of aromatic nitrogens is 1. The van der Waals surface area contributed by atoms with Crippen molar-refractivity contribution in [1.29, 1.82) is 0 Å². The molecule has 0 amide bonds. The number of rotatable bonds is 1. The average molecular weight is 202 g/mol. The van der Waals surface area contributed by atoms with Gasteiger partial charge >= 0.3 is 0 Å². The smallest absolute Gasteiger partial charge is 0.134 e. The Morgan fingerprint density at radius 1 is 1.40 bits per heavy atom. The topological polar surface area (TPSA) is 45.2 Å². The molecule has 3 nitrogen and oxygen atoms in total. The maximum absolute atomic E-state index is 9.31. The molecule has 1 aromatic heterocycles. The minimum atomic E-state index is 0.237. The van der Waals surface area contributed by atoms with Crippen LogP contribution in [-0.2, 0) is 0 Å². The molecule has 0 aromatic carbocycles. The maximum atomic E-state index is 9.31. The van der Waals surface area contributed by atoms with Crippen LogP contribution < -0.4 is 5.32 Å². The summed E-state index contributed by atoms with van der Waals surface area (Å²) >= 11 is 0. The van der Waals surface area contributed by atoms with Gasteiger partial charge in [0, 0.05) is 18.3 Å². The molecule has 2 fully saturated rings. The molecule has 2 bridgehead atoms. The molecule has 2 aliphatic rings. The Balaban J connectivity index is 1.88. The zero-order valence-electron chi connectivity index (χ0n) is 8.48. The molecule has 2 atom stereocenters. The first-order chi connectivity index (χ1) is 7.31. The Morgan fingerprint density at radius 2 is 2.33 bits per heavy atom. The third-order valence-corrected chi connectivity index (χ3v) is 3.27. The zero-order chi connectivity index (χ0) is 10.3. The van der Waals surface area contributed by atoms with E-state index in [2.05, 4.69) is 16.4 Å². The molecule has 2 unspecified atom stereocenters. The van der Waals surface area contributed by atoms with E-state index in [1.165, 1.54) is 24.6 Å². The lowest BCUT2D eigenvalue weighted by Crippen LogP contribution is -2.18. The minimum absolute atomic E-state index is 0.237. The summed E-state index contributed by atoms with van der Waals surface area (Å²) in [6.45, 7) is 0. The van der Waals surface area contributed by atoms with Crippen molar-refractivity contribution in [3.8, 4) is 5.75 Å². The third-order valence-electron chi connectivity index (χ3n) is 3.27. The Kier molecular flexibility index (Phi) is 1.99. The summed E-state index contributed by atoms with van der Waals surface area (Å²) in [5.74, 6) is 0.237. The van der Waals surface area contributed by atoms with Crippen molar-refractivity contribution in [2.75, 3.05) is 0 Å². The summed E-state index contributed by atoms with van der Waals surface area (Å²) in [6, 6.07) is 3.01. The molecule has 15 heavy (non-hydrogen) atoms. The molecule has 2 N–H and O–H groups in total. The summed E-state index contributed by atoms with van der Waals surface area (Å²) in [5, 5.41) is 12.9. The van der Waals surface area contributed by atoms with Gasteiger partial charge in [-0.2, -0.15) is 0 Å². The first-order valence-electron chi connectivity index (χ1n) is 5.42. The van der Waals surface area contributed by atoms with Crippen LogP contribution in [0.4, 0.5) is 0 Å². The largest absolute Gasteiger partial charge is 0.506 e. The van der Waals surface area contributed by atoms with E-state index in [0.29, 0.717) is 12.1 Å². The number of hydrogen-bond donors (Lipinski definition) is 2. The van der Waals surface area contributed by atoms with Gasteiger partial charge in [-0.3, -0.25) is 4.98 Å². The summed E-state index contributed by atoms with van der Waals surface area (Å²) in [7, 11) is 0. The predicted octanol–water partition coefficient (Wildman–Crippen LogP) is 1.69. The van der Waals surface area contributed by atoms with Crippen LogP contribution in [0, 0.1) is 0 Å². The zero-order valence-corrected chi connectivity index (χ0v) is 8.48. The Hall–Kier alpha value is -1.35. The number of aromatic hydroxyl groups is 1. The standard InChI is InChI=1S/C12H14N2O/c15-11-4-8(6-13-7-11)3-9-5-10-1-2-12(9)14-10/h3-4,6-7,10,12,14-15H,1-2,5H2. The van der Waals surface area contributed by atoms with Crippen molar-refractivity contribution in [3.05, 3.63) is 29.6 Å². The third kappa shape index (κ3) is 1.63. The predicted molar refractivity (Wildman–Crippen MR) is 58.4 cm³/mol. The van der Waals surface area contributed by atoms with E-state index in [1.54, 1.807) is 12.3 Å². The van der Waals surface area contributed by atoms with E-state index in [-0.39, 0.29) is 5.75 Å². The van der Waals surface area contributed by atoms with Crippen molar-refractivity contribution < 1.29 is 5.11 Å². The van der Waals surface area contributed by atoms with Gasteiger partial charge in [0.2, 0.25) is 0 Å². The van der Waals surface area contributed by atoms with Crippen LogP contribution in [0.25, 0.3) is 6.08 Å². The van der Waals surface area contributed by atoms with Crippen LogP contribution in [0.3, 0.4) is 0 Å². The van der Waals surface area contributed by atoms with Gasteiger partial charge in [0.25, 0.3) is 0 Å². The maximum Gasteiger partial charge on any atom is 0.134 e. The Morgan fingerprint density at radius 3 is 3.00 bits per heavy atom. The summed E-state index contributed by atoms with van der Waals surface area (Å²) < 4.78 is 0. The van der Waals surface area contributed by atoms with Crippen LogP contribution in [0.15, 0.2) is 24.0 Å². The highest BCUT2D eigenvalue weighted by Crippen LogP contribution is 2.33. The quantitative estimate of drug-likeness (QED) is 0.728. The van der Waals surface area contributed by atoms with Crippen LogP contribution in [0.5, 0.6) is 5.75 Å². The molecular weight excluding hydrogens is 188 g/mol. The molecule has 2 saturated heterocycles. The molecule has 2 aliphatic heterocycles. The monoisotopic (exact) mass is 202 g/mol. The van der Waals surface area contributed by atoms with Gasteiger partial charge in [-0.15, -0.1) is 0 Å². The summed E-state index contributed by atoms with van der Waals surface area (Å²) in [5.41, 5.74) is 2.46. The molecule has 0 aliphatic carbocycles. The van der Waals surface area contributed by atoms with Crippen molar-refractivity contribution in [2.45, 2.75) is 31.3 Å². The Labute approximate surface area is 88.8 Å². The normalized spacial score (nSPS) is 31.3. The molecule has 78 valence electrons. The molecule has 0 spiro atoms. The number of pyridine rings is 1. The van der Waals surface area contributed by atoms with E-state index in [4.69, 9.17) is 0 Å². The average Bonchev–Trinajstić information content (AvgIpc) is 2.79. The van der Waals surface area contributed by atoms with E-state index in [0.717, 1.165) is 12.0 Å². The van der Waals surface area contributed by atoms with Crippen LogP contribution in [-0.4, -0.2) is 22.2 Å². The van der Waals surface area contributed by atoms with Crippen molar-refractivity contribution in [3.63, 3.8) is 0 Å². The van der Waals surface area contributed by atoms with Crippen molar-refractivity contribution in [1.82, 2.24) is 10.3 Å². The van der Waals surface area contributed by atoms with Crippen LogP contribution in [0.2, 0.25) is 0 Å². The first-order valence-corrected chi connectivity index (χ1v) is 5.42. The molecule has 3 heterocycles. The van der Waals surface area contributed by atoms with Gasteiger partial charge in [-0.1, -0.05) is 11.6 Å². The number of fused-ring (bicyclic) bond motifs is 2. The second-order valence-corrected chi connectivity index (χ2v) is 4.39. The summed E-state index contributed by atoms with van der Waals surface area (Å²) in [4.78, 5) is 3.97. The lowest BCUT2D eigenvalue weighted by molar-refractivity contribution is 0.472. The first kappa shape index (κ1) is 8.92. The molecule has 1 aromatic rings. The van der Waals surface area contributed by atoms with Crippen LogP contribution >= 0.6 is 0 Å². The number of hydrogen-bond acceptors (Lipinski definition) is 3. The van der Waals surface area contributed by atoms with Gasteiger partial charge in [-0.25, -0.2) is 0 Å². The van der Waals surface area contributed by atoms with Gasteiger partial charge in [0.1, 0.15) is 5.75 Å². The summed E-state index contributed by atoms with van der Waals surface area (Å²) in [6.07, 6.45) is 9.12. The fourth-order valence-electron chi connectivity index (χ4n) is 2.60. The molecule has 0 radical (unpaired) electrons. The molecule has 3 heteroatoms. The van der Waals surface area contributed by atoms with E-state index in [9.17, 15) is 5.11 Å². The van der Waals surface area contributed by atoms with Crippen molar-refractivity contribution >= 4 is 6.08 Å². The second kappa shape index (κ2) is 3.35. The fourth-order valence-corrected chi connectivity index (χ4v) is 2.60. The fraction of sp³-hybridized carbons (Fsp3) is 0.417. The van der Waals surface area contributed by atoms with E-state index < -0.39 is 0 Å². The SMILES string of the molecule is Oc1cncc(C=C2CC3CCC2N3)c1. The number of nitrogens with zero attached hydrogens (tertiary/aromatic N) is 1. The highest BCUT2D eigenvalue weighted by molar-refractivity contribution is 5.56. The van der Waals surface area contributed by atoms with E-state index in [1.807, 2.05) is 0 Å². The van der Waals surface area contributed by atoms with Gasteiger partial charge in [-0.05, 0) is 30.9 Å². The highest BCUT2D eigenvalue weighted by atomic mass is 16.3.